The van der Waals surface area contributed by atoms with Crippen molar-refractivity contribution >= 4 is 11.6 Å². The first-order valence-electron chi connectivity index (χ1n) is 8.18. The molecule has 3 rings (SSSR count). The zero-order valence-electron chi connectivity index (χ0n) is 15.0. The normalized spacial score (nSPS) is 10.7. The number of H-pyrrole nitrogens is 1. The zero-order valence-corrected chi connectivity index (χ0v) is 15.7. The van der Waals surface area contributed by atoms with Crippen molar-refractivity contribution < 1.29 is 27.4 Å². The first kappa shape index (κ1) is 20.5. The number of aromatic amines is 1. The van der Waals surface area contributed by atoms with E-state index in [-0.39, 0.29) is 40.3 Å². The van der Waals surface area contributed by atoms with Crippen molar-refractivity contribution in [3.05, 3.63) is 74.7 Å². The summed E-state index contributed by atoms with van der Waals surface area (Å²) in [5.41, 5.74) is -0.419. The van der Waals surface area contributed by atoms with Gasteiger partial charge in [-0.3, -0.25) is 4.98 Å². The molecule has 0 aliphatic heterocycles. The summed E-state index contributed by atoms with van der Waals surface area (Å²) in [4.78, 5) is 17.2. The van der Waals surface area contributed by atoms with Crippen LogP contribution < -0.4 is 19.9 Å². The molecule has 152 valence electrons. The summed E-state index contributed by atoms with van der Waals surface area (Å²) in [5.74, 6) is -2.55. The van der Waals surface area contributed by atoms with Gasteiger partial charge in [0.25, 0.3) is 0 Å². The first-order valence-corrected chi connectivity index (χ1v) is 8.55. The summed E-state index contributed by atoms with van der Waals surface area (Å²) < 4.78 is 57.0. The number of hydrogen-bond acceptors (Lipinski definition) is 5. The third kappa shape index (κ3) is 5.00. The number of methoxy groups -OCH3 is 1. The fourth-order valence-corrected chi connectivity index (χ4v) is 2.55. The smallest absolute Gasteiger partial charge is 0.351 e. The van der Waals surface area contributed by atoms with Crippen molar-refractivity contribution in [2.24, 2.45) is 0 Å². The fourth-order valence-electron chi connectivity index (χ4n) is 2.39. The average Bonchev–Trinajstić information content (AvgIpc) is 2.69. The lowest BCUT2D eigenvalue weighted by molar-refractivity contribution is 0.286. The highest BCUT2D eigenvalue weighted by atomic mass is 35.5. The molecule has 0 aliphatic carbocycles. The van der Waals surface area contributed by atoms with Crippen LogP contribution in [-0.4, -0.2) is 17.1 Å². The van der Waals surface area contributed by atoms with Crippen LogP contribution >= 0.6 is 11.6 Å². The summed E-state index contributed by atoms with van der Waals surface area (Å²) in [6, 6.07) is 7.33. The molecule has 0 bridgehead atoms. The molecule has 0 aliphatic rings. The molecular formula is C19H14ClF3N2O4. The van der Waals surface area contributed by atoms with Crippen molar-refractivity contribution in [1.82, 2.24) is 9.97 Å². The van der Waals surface area contributed by atoms with E-state index in [2.05, 4.69) is 9.97 Å². The van der Waals surface area contributed by atoms with Gasteiger partial charge in [-0.05, 0) is 35.9 Å². The molecule has 0 atom stereocenters. The highest BCUT2D eigenvalue weighted by Gasteiger charge is 2.15. The van der Waals surface area contributed by atoms with Gasteiger partial charge in [0.05, 0.1) is 13.2 Å². The second-order valence-electron chi connectivity index (χ2n) is 5.76. The Kier molecular flexibility index (Phi) is 6.28. The Hall–Kier alpha value is -3.20. The number of benzene rings is 2. The van der Waals surface area contributed by atoms with E-state index in [9.17, 15) is 18.0 Å². The molecule has 0 radical (unpaired) electrons. The molecule has 10 heteroatoms. The van der Waals surface area contributed by atoms with Crippen molar-refractivity contribution in [3.8, 4) is 23.3 Å². The van der Waals surface area contributed by atoms with Crippen molar-refractivity contribution in [2.45, 2.75) is 13.3 Å². The predicted octanol–water partition coefficient (Wildman–Crippen LogP) is 4.55. The van der Waals surface area contributed by atoms with Crippen LogP contribution in [0, 0.1) is 11.6 Å². The second kappa shape index (κ2) is 8.87. The summed E-state index contributed by atoms with van der Waals surface area (Å²) in [7, 11) is 1.33. The standard InChI is InChI=1S/C19H14ClF3N2O4/c1-27-16-7-17(25-19(26)24-16)28-9-10-4-14(22)18(15(23)5-10)29-12-2-3-13(20)11(6-12)8-21/h2-7H,8-9H2,1H3,(H,24,25,26). The Bertz CT molecular complexity index is 1070. The van der Waals surface area contributed by atoms with E-state index in [1.165, 1.54) is 31.4 Å². The lowest BCUT2D eigenvalue weighted by atomic mass is 10.2. The lowest BCUT2D eigenvalue weighted by Crippen LogP contribution is -2.12. The van der Waals surface area contributed by atoms with E-state index < -0.39 is 29.7 Å². The monoisotopic (exact) mass is 426 g/mol. The molecule has 2 aromatic carbocycles. The van der Waals surface area contributed by atoms with Crippen LogP contribution in [-0.2, 0) is 13.3 Å². The van der Waals surface area contributed by atoms with Gasteiger partial charge in [0.1, 0.15) is 19.0 Å². The molecule has 0 saturated heterocycles. The van der Waals surface area contributed by atoms with Gasteiger partial charge in [-0.1, -0.05) is 11.6 Å². The molecule has 3 aromatic rings. The third-order valence-corrected chi connectivity index (χ3v) is 4.11. The van der Waals surface area contributed by atoms with Crippen LogP contribution in [0.5, 0.6) is 23.3 Å². The van der Waals surface area contributed by atoms with E-state index in [4.69, 9.17) is 25.8 Å². The topological polar surface area (TPSA) is 73.4 Å². The molecule has 1 heterocycles. The first-order chi connectivity index (χ1) is 13.9. The number of aromatic nitrogens is 2. The largest absolute Gasteiger partial charge is 0.481 e. The van der Waals surface area contributed by atoms with E-state index in [0.29, 0.717) is 0 Å². The Labute approximate surface area is 167 Å². The number of ether oxygens (including phenoxy) is 3. The maximum absolute atomic E-state index is 14.4. The van der Waals surface area contributed by atoms with Crippen LogP contribution in [0.25, 0.3) is 0 Å². The van der Waals surface area contributed by atoms with Gasteiger partial charge >= 0.3 is 5.69 Å². The van der Waals surface area contributed by atoms with Crippen molar-refractivity contribution in [3.63, 3.8) is 0 Å². The fraction of sp³-hybridized carbons (Fsp3) is 0.158. The Balaban J connectivity index is 1.77. The molecule has 1 aromatic heterocycles. The van der Waals surface area contributed by atoms with E-state index in [1.807, 2.05) is 0 Å². The maximum atomic E-state index is 14.4. The highest BCUT2D eigenvalue weighted by Crippen LogP contribution is 2.31. The van der Waals surface area contributed by atoms with Crippen molar-refractivity contribution in [1.29, 1.82) is 0 Å². The molecule has 0 fully saturated rings. The quantitative estimate of drug-likeness (QED) is 0.600. The molecule has 1 N–H and O–H groups in total. The molecule has 0 amide bonds. The van der Waals surface area contributed by atoms with Gasteiger partial charge in [-0.2, -0.15) is 4.98 Å². The van der Waals surface area contributed by atoms with Gasteiger partial charge in [-0.15, -0.1) is 0 Å². The number of hydrogen-bond donors (Lipinski definition) is 1. The van der Waals surface area contributed by atoms with Gasteiger partial charge < -0.3 is 14.2 Å². The molecule has 0 saturated carbocycles. The van der Waals surface area contributed by atoms with Gasteiger partial charge in [0.2, 0.25) is 11.8 Å². The molecule has 6 nitrogen and oxygen atoms in total. The van der Waals surface area contributed by atoms with E-state index >= 15 is 0 Å². The van der Waals surface area contributed by atoms with Gasteiger partial charge in [0, 0.05) is 10.6 Å². The summed E-state index contributed by atoms with van der Waals surface area (Å²) in [6.07, 6.45) is 0. The Morgan fingerprint density at radius 2 is 1.86 bits per heavy atom. The number of halogens is 4. The minimum atomic E-state index is -0.985. The SMILES string of the molecule is COc1cc(OCc2cc(F)c(Oc3ccc(Cl)c(CF)c3)c(F)c2)[nH]c(=O)n1. The summed E-state index contributed by atoms with van der Waals surface area (Å²) >= 11 is 5.81. The van der Waals surface area contributed by atoms with E-state index in [1.54, 1.807) is 0 Å². The van der Waals surface area contributed by atoms with Crippen LogP contribution in [0.4, 0.5) is 13.2 Å². The Morgan fingerprint density at radius 3 is 2.52 bits per heavy atom. The lowest BCUT2D eigenvalue weighted by Gasteiger charge is -2.12. The van der Waals surface area contributed by atoms with Crippen molar-refractivity contribution in [2.75, 3.05) is 7.11 Å². The van der Waals surface area contributed by atoms with Crippen LogP contribution in [0.2, 0.25) is 5.02 Å². The number of rotatable bonds is 7. The van der Waals surface area contributed by atoms with Gasteiger partial charge in [0.15, 0.2) is 17.4 Å². The molecular weight excluding hydrogens is 413 g/mol. The van der Waals surface area contributed by atoms with E-state index in [0.717, 1.165) is 12.1 Å². The second-order valence-corrected chi connectivity index (χ2v) is 6.17. The number of nitrogens with one attached hydrogen (secondary N) is 1. The van der Waals surface area contributed by atoms with Crippen LogP contribution in [0.3, 0.4) is 0 Å². The maximum Gasteiger partial charge on any atom is 0.351 e. The molecule has 29 heavy (non-hydrogen) atoms. The minimum absolute atomic E-state index is 0.0166. The zero-order chi connectivity index (χ0) is 21.0. The predicted molar refractivity (Wildman–Crippen MR) is 98.4 cm³/mol. The van der Waals surface area contributed by atoms with Crippen LogP contribution in [0.15, 0.2) is 41.2 Å². The number of alkyl halides is 1. The van der Waals surface area contributed by atoms with Gasteiger partial charge in [-0.25, -0.2) is 18.0 Å². The Morgan fingerprint density at radius 1 is 1.14 bits per heavy atom. The summed E-state index contributed by atoms with van der Waals surface area (Å²) in [5, 5.41) is 0.180. The number of nitrogens with zero attached hydrogens (tertiary/aromatic N) is 1. The molecule has 0 unspecified atom stereocenters. The average molecular weight is 427 g/mol. The van der Waals surface area contributed by atoms with Crippen LogP contribution in [0.1, 0.15) is 11.1 Å². The summed E-state index contributed by atoms with van der Waals surface area (Å²) in [6.45, 7) is -1.09. The minimum Gasteiger partial charge on any atom is -0.481 e. The molecule has 0 spiro atoms. The third-order valence-electron chi connectivity index (χ3n) is 3.74. The highest BCUT2D eigenvalue weighted by molar-refractivity contribution is 6.31.